The zero-order chi connectivity index (χ0) is 22.3. The molecule has 0 saturated heterocycles. The van der Waals surface area contributed by atoms with Crippen molar-refractivity contribution >= 4 is 5.97 Å². The van der Waals surface area contributed by atoms with Gasteiger partial charge in [-0.25, -0.2) is 0 Å². The maximum atomic E-state index is 13.1. The molecule has 160 valence electrons. The van der Waals surface area contributed by atoms with E-state index in [1.807, 2.05) is 66.7 Å². The van der Waals surface area contributed by atoms with E-state index in [9.17, 15) is 4.79 Å². The number of ether oxygens (including phenoxy) is 3. The first-order valence-electron chi connectivity index (χ1n) is 10.1. The Labute approximate surface area is 186 Å². The van der Waals surface area contributed by atoms with Crippen molar-refractivity contribution in [2.24, 2.45) is 0 Å². The summed E-state index contributed by atoms with van der Waals surface area (Å²) in [7, 11) is 3.18. The van der Waals surface area contributed by atoms with Gasteiger partial charge in [-0.3, -0.25) is 4.79 Å². The Morgan fingerprint density at radius 1 is 0.750 bits per heavy atom. The third-order valence-corrected chi connectivity index (χ3v) is 5.03. The molecule has 0 saturated carbocycles. The lowest BCUT2D eigenvalue weighted by atomic mass is 9.91. The van der Waals surface area contributed by atoms with Crippen molar-refractivity contribution in [1.29, 1.82) is 0 Å². The predicted octanol–water partition coefficient (Wildman–Crippen LogP) is 4.90. The molecule has 0 radical (unpaired) electrons. The highest BCUT2D eigenvalue weighted by molar-refractivity contribution is 5.84. The molecule has 1 aromatic heterocycles. The number of benzene rings is 3. The number of carbonyl (C=O) groups excluding carboxylic acids is 1. The van der Waals surface area contributed by atoms with E-state index in [-0.39, 0.29) is 5.88 Å². The summed E-state index contributed by atoms with van der Waals surface area (Å²) in [6.07, 6.45) is 0. The van der Waals surface area contributed by atoms with Gasteiger partial charge in [-0.05, 0) is 35.4 Å². The monoisotopic (exact) mass is 426 g/mol. The number of hydrogen-bond acceptors (Lipinski definition) is 6. The Balaban J connectivity index is 1.59. The zero-order valence-corrected chi connectivity index (χ0v) is 17.8. The highest BCUT2D eigenvalue weighted by atomic mass is 16.5. The van der Waals surface area contributed by atoms with Crippen molar-refractivity contribution in [3.63, 3.8) is 0 Å². The SMILES string of the molecule is COc1ccc(OC)c(-c2ccc(OC(=O)C(c3ccccc3)c3ccccc3)nn2)c1. The standard InChI is InChI=1S/C26H22N2O4/c1-30-20-13-15-23(31-2)21(17-20)22-14-16-24(28-27-22)32-26(29)25(18-9-5-3-6-10-18)19-11-7-4-8-12-19/h3-17,25H,1-2H3. The van der Waals surface area contributed by atoms with Crippen molar-refractivity contribution in [2.75, 3.05) is 14.2 Å². The summed E-state index contributed by atoms with van der Waals surface area (Å²) in [5.41, 5.74) is 2.98. The van der Waals surface area contributed by atoms with Crippen molar-refractivity contribution < 1.29 is 19.0 Å². The number of hydrogen-bond donors (Lipinski definition) is 0. The van der Waals surface area contributed by atoms with Crippen molar-refractivity contribution in [2.45, 2.75) is 5.92 Å². The van der Waals surface area contributed by atoms with Crippen LogP contribution >= 0.6 is 0 Å². The van der Waals surface area contributed by atoms with Crippen LogP contribution in [0.1, 0.15) is 17.0 Å². The molecule has 3 aromatic carbocycles. The molecule has 6 nitrogen and oxygen atoms in total. The van der Waals surface area contributed by atoms with E-state index < -0.39 is 11.9 Å². The Hall–Kier alpha value is -4.19. The van der Waals surface area contributed by atoms with Gasteiger partial charge < -0.3 is 14.2 Å². The topological polar surface area (TPSA) is 70.5 Å². The Morgan fingerprint density at radius 2 is 1.41 bits per heavy atom. The average molecular weight is 426 g/mol. The van der Waals surface area contributed by atoms with E-state index in [0.717, 1.165) is 16.7 Å². The summed E-state index contributed by atoms with van der Waals surface area (Å²) in [6.45, 7) is 0. The summed E-state index contributed by atoms with van der Waals surface area (Å²) >= 11 is 0. The summed E-state index contributed by atoms with van der Waals surface area (Å²) in [6, 6.07) is 27.8. The normalized spacial score (nSPS) is 10.6. The van der Waals surface area contributed by atoms with Crippen LogP contribution in [-0.2, 0) is 4.79 Å². The first-order valence-corrected chi connectivity index (χ1v) is 10.1. The number of carbonyl (C=O) groups is 1. The van der Waals surface area contributed by atoms with Gasteiger partial charge >= 0.3 is 5.97 Å². The van der Waals surface area contributed by atoms with E-state index in [1.165, 1.54) is 0 Å². The van der Waals surface area contributed by atoms with Crippen LogP contribution in [0.15, 0.2) is 91.0 Å². The average Bonchev–Trinajstić information content (AvgIpc) is 2.85. The molecule has 0 amide bonds. The molecule has 0 aliphatic heterocycles. The summed E-state index contributed by atoms with van der Waals surface area (Å²) in [5, 5.41) is 8.33. The molecule has 1 heterocycles. The maximum Gasteiger partial charge on any atom is 0.324 e. The van der Waals surface area contributed by atoms with Crippen LogP contribution < -0.4 is 14.2 Å². The van der Waals surface area contributed by atoms with Crippen LogP contribution in [0, 0.1) is 0 Å². The fourth-order valence-electron chi connectivity index (χ4n) is 3.45. The van der Waals surface area contributed by atoms with Gasteiger partial charge in [0.15, 0.2) is 0 Å². The molecule has 0 atom stereocenters. The van der Waals surface area contributed by atoms with Crippen LogP contribution in [-0.4, -0.2) is 30.4 Å². The molecular weight excluding hydrogens is 404 g/mol. The molecule has 4 aromatic rings. The number of esters is 1. The lowest BCUT2D eigenvalue weighted by Gasteiger charge is -2.16. The molecule has 6 heteroatoms. The molecule has 0 bridgehead atoms. The number of rotatable bonds is 7. The lowest BCUT2D eigenvalue weighted by molar-refractivity contribution is -0.135. The fraction of sp³-hybridized carbons (Fsp3) is 0.115. The van der Waals surface area contributed by atoms with E-state index >= 15 is 0 Å². The molecule has 0 N–H and O–H groups in total. The molecule has 0 fully saturated rings. The van der Waals surface area contributed by atoms with E-state index in [2.05, 4.69) is 10.2 Å². The van der Waals surface area contributed by atoms with Gasteiger partial charge in [0.1, 0.15) is 17.4 Å². The van der Waals surface area contributed by atoms with Crippen molar-refractivity contribution in [3.05, 3.63) is 102 Å². The van der Waals surface area contributed by atoms with Crippen LogP contribution in [0.2, 0.25) is 0 Å². The maximum absolute atomic E-state index is 13.1. The molecule has 0 aliphatic carbocycles. The highest BCUT2D eigenvalue weighted by Crippen LogP contribution is 2.32. The first-order chi connectivity index (χ1) is 15.7. The number of aromatic nitrogens is 2. The van der Waals surface area contributed by atoms with Gasteiger partial charge in [-0.1, -0.05) is 60.7 Å². The zero-order valence-electron chi connectivity index (χ0n) is 17.8. The van der Waals surface area contributed by atoms with Crippen LogP contribution in [0.3, 0.4) is 0 Å². The number of nitrogens with zero attached hydrogens (tertiary/aromatic N) is 2. The quantitative estimate of drug-likeness (QED) is 0.392. The van der Waals surface area contributed by atoms with Crippen LogP contribution in [0.25, 0.3) is 11.3 Å². The van der Waals surface area contributed by atoms with Gasteiger partial charge in [0, 0.05) is 11.6 Å². The Morgan fingerprint density at radius 3 is 1.94 bits per heavy atom. The van der Waals surface area contributed by atoms with Gasteiger partial charge in [-0.2, -0.15) is 0 Å². The second kappa shape index (κ2) is 9.75. The van der Waals surface area contributed by atoms with Gasteiger partial charge in [0.2, 0.25) is 5.88 Å². The van der Waals surface area contributed by atoms with Crippen molar-refractivity contribution in [1.82, 2.24) is 10.2 Å². The summed E-state index contributed by atoms with van der Waals surface area (Å²) < 4.78 is 16.3. The predicted molar refractivity (Wildman–Crippen MR) is 121 cm³/mol. The minimum absolute atomic E-state index is 0.123. The Kier molecular flexibility index (Phi) is 6.41. The second-order valence-corrected chi connectivity index (χ2v) is 7.00. The molecule has 0 spiro atoms. The second-order valence-electron chi connectivity index (χ2n) is 7.00. The molecule has 32 heavy (non-hydrogen) atoms. The highest BCUT2D eigenvalue weighted by Gasteiger charge is 2.25. The van der Waals surface area contributed by atoms with Crippen molar-refractivity contribution in [3.8, 4) is 28.6 Å². The third-order valence-electron chi connectivity index (χ3n) is 5.03. The minimum Gasteiger partial charge on any atom is -0.497 e. The van der Waals surface area contributed by atoms with Gasteiger partial charge in [-0.15, -0.1) is 10.2 Å². The molecule has 4 rings (SSSR count). The van der Waals surface area contributed by atoms with Crippen LogP contribution in [0.4, 0.5) is 0 Å². The molecule has 0 aliphatic rings. The van der Waals surface area contributed by atoms with E-state index in [0.29, 0.717) is 17.2 Å². The fourth-order valence-corrected chi connectivity index (χ4v) is 3.45. The third kappa shape index (κ3) is 4.59. The van der Waals surface area contributed by atoms with Crippen LogP contribution in [0.5, 0.6) is 17.4 Å². The molecular formula is C26H22N2O4. The first kappa shape index (κ1) is 21.1. The summed E-state index contributed by atoms with van der Waals surface area (Å²) in [5.74, 6) is 0.433. The smallest absolute Gasteiger partial charge is 0.324 e. The van der Waals surface area contributed by atoms with E-state index in [1.54, 1.807) is 38.5 Å². The Bertz CT molecular complexity index is 1140. The summed E-state index contributed by atoms with van der Waals surface area (Å²) in [4.78, 5) is 13.1. The van der Waals surface area contributed by atoms with Gasteiger partial charge in [0.05, 0.1) is 19.9 Å². The number of methoxy groups -OCH3 is 2. The van der Waals surface area contributed by atoms with E-state index in [4.69, 9.17) is 14.2 Å². The minimum atomic E-state index is -0.572. The molecule has 0 unspecified atom stereocenters. The lowest BCUT2D eigenvalue weighted by Crippen LogP contribution is -2.20. The van der Waals surface area contributed by atoms with Gasteiger partial charge in [0.25, 0.3) is 0 Å². The largest absolute Gasteiger partial charge is 0.497 e.